The molecule has 7 heteroatoms. The van der Waals surface area contributed by atoms with Crippen LogP contribution in [-0.2, 0) is 0 Å². The van der Waals surface area contributed by atoms with Crippen LogP contribution in [0.2, 0.25) is 0 Å². The van der Waals surface area contributed by atoms with Crippen LogP contribution in [0.1, 0.15) is 10.4 Å². The monoisotopic (exact) mass is 481 g/mol. The number of amides is 1. The molecule has 7 nitrogen and oxygen atoms in total. The van der Waals surface area contributed by atoms with Crippen LogP contribution in [0.25, 0.3) is 22.2 Å². The molecule has 1 saturated heterocycles. The second-order valence-electron chi connectivity index (χ2n) is 8.83. The molecule has 1 aromatic heterocycles. The maximum atomic E-state index is 12.6. The van der Waals surface area contributed by atoms with Crippen LogP contribution < -0.4 is 20.7 Å². The van der Waals surface area contributed by atoms with Crippen molar-refractivity contribution in [3.63, 3.8) is 0 Å². The van der Waals surface area contributed by atoms with Crippen molar-refractivity contribution >= 4 is 28.2 Å². The van der Waals surface area contributed by atoms with Gasteiger partial charge in [0.05, 0.1) is 18.5 Å². The number of rotatable bonds is 8. The lowest BCUT2D eigenvalue weighted by atomic mass is 10.1. The SMILES string of the molecule is COc1cccc2c(Nc3ccc(C(=O)NCCN4CCNCC4)cc3)cc(-c3ccccc3)nc12. The minimum absolute atomic E-state index is 0.0536. The summed E-state index contributed by atoms with van der Waals surface area (Å²) in [6.45, 7) is 5.58. The summed E-state index contributed by atoms with van der Waals surface area (Å²) >= 11 is 0. The fourth-order valence-electron chi connectivity index (χ4n) is 4.47. The van der Waals surface area contributed by atoms with Crippen LogP contribution >= 0.6 is 0 Å². The van der Waals surface area contributed by atoms with Crippen LogP contribution in [-0.4, -0.2) is 62.2 Å². The number of aromatic nitrogens is 1. The normalized spacial score (nSPS) is 13.9. The lowest BCUT2D eigenvalue weighted by Gasteiger charge is -2.27. The molecule has 0 aliphatic carbocycles. The van der Waals surface area contributed by atoms with Gasteiger partial charge in [-0.1, -0.05) is 42.5 Å². The number of benzene rings is 3. The smallest absolute Gasteiger partial charge is 0.251 e. The van der Waals surface area contributed by atoms with E-state index in [1.807, 2.05) is 78.9 Å². The highest BCUT2D eigenvalue weighted by molar-refractivity contribution is 5.99. The maximum absolute atomic E-state index is 12.6. The van der Waals surface area contributed by atoms with Crippen LogP contribution in [0.3, 0.4) is 0 Å². The van der Waals surface area contributed by atoms with Gasteiger partial charge in [-0.15, -0.1) is 0 Å². The highest BCUT2D eigenvalue weighted by atomic mass is 16.5. The minimum Gasteiger partial charge on any atom is -0.494 e. The molecule has 3 aromatic carbocycles. The van der Waals surface area contributed by atoms with Gasteiger partial charge in [0.1, 0.15) is 11.3 Å². The van der Waals surface area contributed by atoms with E-state index in [1.165, 1.54) is 0 Å². The van der Waals surface area contributed by atoms with Gasteiger partial charge in [-0.05, 0) is 36.4 Å². The number of carbonyl (C=O) groups excluding carboxylic acids is 1. The van der Waals surface area contributed by atoms with E-state index in [9.17, 15) is 4.79 Å². The van der Waals surface area contributed by atoms with Gasteiger partial charge in [0.15, 0.2) is 0 Å². The summed E-state index contributed by atoms with van der Waals surface area (Å²) < 4.78 is 5.60. The molecule has 0 radical (unpaired) electrons. The first kappa shape index (κ1) is 23.8. The van der Waals surface area contributed by atoms with E-state index >= 15 is 0 Å². The van der Waals surface area contributed by atoms with E-state index < -0.39 is 0 Å². The number of nitrogens with zero attached hydrogens (tertiary/aromatic N) is 2. The quantitative estimate of drug-likeness (QED) is 0.349. The molecule has 0 spiro atoms. The second kappa shape index (κ2) is 11.2. The van der Waals surface area contributed by atoms with Crippen molar-refractivity contribution in [1.82, 2.24) is 20.5 Å². The average molecular weight is 482 g/mol. The standard InChI is InChI=1S/C29H31N5O2/c1-36-27-9-5-8-24-26(20-25(33-28(24)27)21-6-3-2-4-7-21)32-23-12-10-22(11-13-23)29(35)31-16-19-34-17-14-30-15-18-34/h2-13,20,30H,14-19H2,1H3,(H,31,35)(H,32,33). The number of methoxy groups -OCH3 is 1. The number of anilines is 2. The number of ether oxygens (including phenoxy) is 1. The third-order valence-electron chi connectivity index (χ3n) is 6.44. The molecule has 0 bridgehead atoms. The van der Waals surface area contributed by atoms with E-state index in [0.717, 1.165) is 72.0 Å². The van der Waals surface area contributed by atoms with Crippen LogP contribution in [0, 0.1) is 0 Å². The van der Waals surface area contributed by atoms with Crippen LogP contribution in [0.15, 0.2) is 78.9 Å². The maximum Gasteiger partial charge on any atom is 0.251 e. The first-order chi connectivity index (χ1) is 17.7. The molecule has 2 heterocycles. The van der Waals surface area contributed by atoms with Crippen LogP contribution in [0.4, 0.5) is 11.4 Å². The van der Waals surface area contributed by atoms with Crippen molar-refractivity contribution in [2.45, 2.75) is 0 Å². The minimum atomic E-state index is -0.0536. The number of nitrogens with one attached hydrogen (secondary N) is 3. The van der Waals surface area contributed by atoms with Crippen LogP contribution in [0.5, 0.6) is 5.75 Å². The Hall–Kier alpha value is -3.94. The Morgan fingerprint density at radius 3 is 2.53 bits per heavy atom. The van der Waals surface area contributed by atoms with Crippen molar-refractivity contribution < 1.29 is 9.53 Å². The summed E-state index contributed by atoms with van der Waals surface area (Å²) in [5, 5.41) is 10.9. The number of carbonyl (C=O) groups is 1. The Morgan fingerprint density at radius 1 is 1.00 bits per heavy atom. The zero-order valence-electron chi connectivity index (χ0n) is 20.5. The Morgan fingerprint density at radius 2 is 1.78 bits per heavy atom. The summed E-state index contributed by atoms with van der Waals surface area (Å²) in [5.41, 5.74) is 5.14. The Kier molecular flexibility index (Phi) is 7.40. The molecule has 1 aliphatic heterocycles. The average Bonchev–Trinajstić information content (AvgIpc) is 2.94. The van der Waals surface area contributed by atoms with Gasteiger partial charge < -0.3 is 20.7 Å². The van der Waals surface area contributed by atoms with Gasteiger partial charge in [0.2, 0.25) is 0 Å². The van der Waals surface area contributed by atoms with Gasteiger partial charge in [0.25, 0.3) is 5.91 Å². The molecule has 0 unspecified atom stereocenters. The third-order valence-corrected chi connectivity index (χ3v) is 6.44. The Balaban J connectivity index is 1.33. The highest BCUT2D eigenvalue weighted by Gasteiger charge is 2.13. The van der Waals surface area contributed by atoms with Gasteiger partial charge in [-0.25, -0.2) is 4.98 Å². The largest absolute Gasteiger partial charge is 0.494 e. The molecule has 0 atom stereocenters. The summed E-state index contributed by atoms with van der Waals surface area (Å²) in [7, 11) is 1.66. The van der Waals surface area contributed by atoms with E-state index in [1.54, 1.807) is 7.11 Å². The summed E-state index contributed by atoms with van der Waals surface area (Å²) in [6.07, 6.45) is 0. The number of para-hydroxylation sites is 1. The molecule has 1 fully saturated rings. The molecule has 0 saturated carbocycles. The number of fused-ring (bicyclic) bond motifs is 1. The molecule has 5 rings (SSSR count). The molecule has 4 aromatic rings. The molecule has 184 valence electrons. The van der Waals surface area contributed by atoms with Gasteiger partial charge in [-0.3, -0.25) is 9.69 Å². The predicted octanol–water partition coefficient (Wildman–Crippen LogP) is 4.29. The Bertz CT molecular complexity index is 1320. The van der Waals surface area contributed by atoms with Crippen molar-refractivity contribution in [2.24, 2.45) is 0 Å². The summed E-state index contributed by atoms with van der Waals surface area (Å²) in [6, 6.07) is 25.6. The molecule has 1 aliphatic rings. The fraction of sp³-hybridized carbons (Fsp3) is 0.241. The van der Waals surface area contributed by atoms with E-state index in [0.29, 0.717) is 12.1 Å². The highest BCUT2D eigenvalue weighted by Crippen LogP contribution is 2.34. The lowest BCUT2D eigenvalue weighted by Crippen LogP contribution is -2.46. The van der Waals surface area contributed by atoms with Crippen molar-refractivity contribution in [1.29, 1.82) is 0 Å². The topological polar surface area (TPSA) is 78.5 Å². The number of hydrogen-bond donors (Lipinski definition) is 3. The van der Waals surface area contributed by atoms with Crippen molar-refractivity contribution in [3.05, 3.63) is 84.4 Å². The zero-order valence-corrected chi connectivity index (χ0v) is 20.5. The number of piperazine rings is 1. The molecule has 1 amide bonds. The lowest BCUT2D eigenvalue weighted by molar-refractivity contribution is 0.0947. The van der Waals surface area contributed by atoms with Gasteiger partial charge in [-0.2, -0.15) is 0 Å². The summed E-state index contributed by atoms with van der Waals surface area (Å²) in [5.74, 6) is 0.670. The third kappa shape index (κ3) is 5.48. The first-order valence-electron chi connectivity index (χ1n) is 12.3. The van der Waals surface area contributed by atoms with E-state index in [-0.39, 0.29) is 5.91 Å². The van der Waals surface area contributed by atoms with Gasteiger partial charge >= 0.3 is 0 Å². The molecular weight excluding hydrogens is 450 g/mol. The summed E-state index contributed by atoms with van der Waals surface area (Å²) in [4.78, 5) is 19.9. The van der Waals surface area contributed by atoms with Crippen molar-refractivity contribution in [3.8, 4) is 17.0 Å². The van der Waals surface area contributed by atoms with Gasteiger partial charge in [0, 0.05) is 61.5 Å². The molecule has 36 heavy (non-hydrogen) atoms. The molecular formula is C29H31N5O2. The Labute approximate surface area is 211 Å². The van der Waals surface area contributed by atoms with E-state index in [4.69, 9.17) is 9.72 Å². The number of hydrogen-bond acceptors (Lipinski definition) is 6. The second-order valence-corrected chi connectivity index (χ2v) is 8.83. The fourth-order valence-corrected chi connectivity index (χ4v) is 4.47. The van der Waals surface area contributed by atoms with Crippen molar-refractivity contribution in [2.75, 3.05) is 51.7 Å². The first-order valence-corrected chi connectivity index (χ1v) is 12.3. The number of pyridine rings is 1. The predicted molar refractivity (Wildman–Crippen MR) is 145 cm³/mol. The zero-order chi connectivity index (χ0) is 24.7. The molecule has 3 N–H and O–H groups in total. The van der Waals surface area contributed by atoms with E-state index in [2.05, 4.69) is 20.9 Å².